The van der Waals surface area contributed by atoms with Gasteiger partial charge in [0.25, 0.3) is 0 Å². The zero-order chi connectivity index (χ0) is 23.7. The Morgan fingerprint density at radius 2 is 1.46 bits per heavy atom. The summed E-state index contributed by atoms with van der Waals surface area (Å²) in [6.07, 6.45) is 0. The van der Waals surface area contributed by atoms with Gasteiger partial charge in [-0.25, -0.2) is 0 Å². The minimum Gasteiger partial charge on any atom is -0.455 e. The average Bonchev–Trinajstić information content (AvgIpc) is 3.39. The van der Waals surface area contributed by atoms with E-state index in [1.54, 1.807) is 0 Å². The van der Waals surface area contributed by atoms with E-state index >= 15 is 0 Å². The number of para-hydroxylation sites is 1. The molecule has 0 bridgehead atoms. The monoisotopic (exact) mass is 516 g/mol. The van der Waals surface area contributed by atoms with Gasteiger partial charge in [0.1, 0.15) is 16.8 Å². The third kappa shape index (κ3) is 2.80. The number of rotatable bonds is 2. The van der Waals surface area contributed by atoms with Gasteiger partial charge in [0.15, 0.2) is 0 Å². The summed E-state index contributed by atoms with van der Waals surface area (Å²) in [5.74, 6) is 0. The van der Waals surface area contributed by atoms with Crippen LogP contribution in [0.3, 0.4) is 0 Å². The highest BCUT2D eigenvalue weighted by Gasteiger charge is 2.46. The van der Waals surface area contributed by atoms with E-state index < -0.39 is 5.60 Å². The van der Waals surface area contributed by atoms with Crippen molar-refractivity contribution in [3.63, 3.8) is 0 Å². The Bertz CT molecular complexity index is 1780. The number of hydrogen-bond acceptors (Lipinski definition) is 2. The average molecular weight is 517 g/mol. The summed E-state index contributed by atoms with van der Waals surface area (Å²) >= 11 is 3.77. The van der Waals surface area contributed by atoms with Crippen molar-refractivity contribution in [2.24, 2.45) is 0 Å². The van der Waals surface area contributed by atoms with E-state index in [0.29, 0.717) is 0 Å². The van der Waals surface area contributed by atoms with Gasteiger partial charge >= 0.3 is 0 Å². The topological polar surface area (TPSA) is 33.4 Å². The number of benzene rings is 5. The van der Waals surface area contributed by atoms with Gasteiger partial charge < -0.3 is 9.52 Å². The Hall–Kier alpha value is -3.66. The zero-order valence-electron chi connectivity index (χ0n) is 19.0. The maximum Gasteiger partial charge on any atom is 0.150 e. The highest BCUT2D eigenvalue weighted by Crippen LogP contribution is 2.57. The molecular formula is C32H21BrO2. The molecule has 7 rings (SSSR count). The van der Waals surface area contributed by atoms with Gasteiger partial charge in [-0.15, -0.1) is 0 Å². The second-order valence-corrected chi connectivity index (χ2v) is 10.1. The van der Waals surface area contributed by atoms with Gasteiger partial charge in [-0.2, -0.15) is 0 Å². The van der Waals surface area contributed by atoms with Gasteiger partial charge in [-0.1, -0.05) is 96.6 Å². The lowest BCUT2D eigenvalue weighted by Crippen LogP contribution is -2.27. The summed E-state index contributed by atoms with van der Waals surface area (Å²) in [6.45, 7) is 2.07. The Balaban J connectivity index is 1.66. The largest absolute Gasteiger partial charge is 0.455 e. The molecule has 1 heterocycles. The van der Waals surface area contributed by atoms with E-state index in [4.69, 9.17) is 4.42 Å². The van der Waals surface area contributed by atoms with E-state index in [1.165, 1.54) is 0 Å². The second kappa shape index (κ2) is 7.42. The second-order valence-electron chi connectivity index (χ2n) is 9.25. The van der Waals surface area contributed by atoms with Crippen LogP contribution >= 0.6 is 15.9 Å². The van der Waals surface area contributed by atoms with Crippen molar-refractivity contribution >= 4 is 37.9 Å². The standard InChI is InChI=1S/C32H21BrO2/c1-19-15-16-22-25(17-19)32(34,24-13-7-5-11-21(24)20-9-3-2-4-10-20)26-18-27(33)31-30(29(22)26)23-12-6-8-14-28(23)35-31/h2-18,34H,1H3. The number of hydrogen-bond donors (Lipinski definition) is 1. The van der Waals surface area contributed by atoms with Crippen molar-refractivity contribution in [1.29, 1.82) is 0 Å². The lowest BCUT2D eigenvalue weighted by molar-refractivity contribution is 0.131. The van der Waals surface area contributed by atoms with Crippen LogP contribution in [0.5, 0.6) is 0 Å². The highest BCUT2D eigenvalue weighted by atomic mass is 79.9. The molecule has 1 aliphatic rings. The van der Waals surface area contributed by atoms with Crippen LogP contribution < -0.4 is 0 Å². The van der Waals surface area contributed by atoms with E-state index in [0.717, 1.165) is 70.9 Å². The minimum absolute atomic E-state index is 0.803. The fourth-order valence-corrected chi connectivity index (χ4v) is 6.21. The van der Waals surface area contributed by atoms with Crippen LogP contribution in [-0.4, -0.2) is 5.11 Å². The van der Waals surface area contributed by atoms with E-state index in [1.807, 2.05) is 54.6 Å². The Labute approximate surface area is 211 Å². The van der Waals surface area contributed by atoms with Gasteiger partial charge in [0.2, 0.25) is 0 Å². The first-order chi connectivity index (χ1) is 17.1. The fourth-order valence-electron chi connectivity index (χ4n) is 5.70. The minimum atomic E-state index is -1.32. The van der Waals surface area contributed by atoms with E-state index in [9.17, 15) is 5.11 Å². The van der Waals surface area contributed by atoms with Crippen molar-refractivity contribution < 1.29 is 9.52 Å². The number of aliphatic hydroxyl groups is 1. The van der Waals surface area contributed by atoms with Crippen molar-refractivity contribution in [3.05, 3.63) is 130 Å². The maximum atomic E-state index is 12.9. The molecule has 0 saturated carbocycles. The van der Waals surface area contributed by atoms with Crippen LogP contribution in [0.15, 0.2) is 112 Å². The Morgan fingerprint density at radius 1 is 0.714 bits per heavy atom. The number of aryl methyl sites for hydroxylation is 1. The summed E-state index contributed by atoms with van der Waals surface area (Å²) in [5.41, 5.74) is 8.25. The summed E-state index contributed by atoms with van der Waals surface area (Å²) in [4.78, 5) is 0. The van der Waals surface area contributed by atoms with Gasteiger partial charge in [-0.05, 0) is 51.7 Å². The summed E-state index contributed by atoms with van der Waals surface area (Å²) in [6, 6.07) is 35.0. The van der Waals surface area contributed by atoms with Crippen LogP contribution in [0, 0.1) is 6.92 Å². The first kappa shape index (κ1) is 20.7. The molecule has 168 valence electrons. The molecule has 0 saturated heterocycles. The third-order valence-electron chi connectivity index (χ3n) is 7.23. The molecule has 0 radical (unpaired) electrons. The fraction of sp³-hybridized carbons (Fsp3) is 0.0625. The van der Waals surface area contributed by atoms with E-state index in [2.05, 4.69) is 71.4 Å². The molecule has 1 unspecified atom stereocenters. The smallest absolute Gasteiger partial charge is 0.150 e. The molecule has 35 heavy (non-hydrogen) atoms. The van der Waals surface area contributed by atoms with Crippen LogP contribution in [0.2, 0.25) is 0 Å². The quantitative estimate of drug-likeness (QED) is 0.250. The number of halogens is 1. The Morgan fingerprint density at radius 3 is 2.31 bits per heavy atom. The first-order valence-corrected chi connectivity index (χ1v) is 12.5. The molecule has 0 aliphatic heterocycles. The molecule has 1 aliphatic carbocycles. The SMILES string of the molecule is Cc1ccc2c(c1)C(O)(c1ccccc1-c1ccccc1)c1cc(Br)c3oc4ccccc4c3c1-2. The molecule has 2 nitrogen and oxygen atoms in total. The number of furan rings is 1. The number of fused-ring (bicyclic) bond motifs is 7. The van der Waals surface area contributed by atoms with Crippen molar-refractivity contribution in [3.8, 4) is 22.3 Å². The molecule has 1 atom stereocenters. The molecule has 3 heteroatoms. The van der Waals surface area contributed by atoms with Gasteiger partial charge in [0.05, 0.1) is 4.47 Å². The van der Waals surface area contributed by atoms with Crippen molar-refractivity contribution in [2.45, 2.75) is 12.5 Å². The predicted octanol–water partition coefficient (Wildman–Crippen LogP) is 8.59. The molecule has 0 amide bonds. The Kier molecular flexibility index (Phi) is 4.38. The lowest BCUT2D eigenvalue weighted by Gasteiger charge is -2.29. The summed E-state index contributed by atoms with van der Waals surface area (Å²) < 4.78 is 7.12. The predicted molar refractivity (Wildman–Crippen MR) is 146 cm³/mol. The van der Waals surface area contributed by atoms with Crippen molar-refractivity contribution in [2.75, 3.05) is 0 Å². The van der Waals surface area contributed by atoms with Crippen molar-refractivity contribution in [1.82, 2.24) is 0 Å². The molecule has 6 aromatic rings. The first-order valence-electron chi connectivity index (χ1n) is 11.7. The molecule has 5 aromatic carbocycles. The maximum absolute atomic E-state index is 12.9. The molecule has 1 N–H and O–H groups in total. The zero-order valence-corrected chi connectivity index (χ0v) is 20.6. The molecule has 0 fully saturated rings. The van der Waals surface area contributed by atoms with Gasteiger partial charge in [-0.3, -0.25) is 0 Å². The summed E-state index contributed by atoms with van der Waals surface area (Å²) in [5, 5.41) is 15.0. The van der Waals surface area contributed by atoms with Crippen LogP contribution in [0.1, 0.15) is 22.3 Å². The van der Waals surface area contributed by atoms with Crippen LogP contribution in [0.4, 0.5) is 0 Å². The molecule has 1 aromatic heterocycles. The summed E-state index contributed by atoms with van der Waals surface area (Å²) in [7, 11) is 0. The van der Waals surface area contributed by atoms with Crippen LogP contribution in [-0.2, 0) is 5.60 Å². The third-order valence-corrected chi connectivity index (χ3v) is 7.82. The molecular weight excluding hydrogens is 496 g/mol. The normalized spacial score (nSPS) is 16.5. The van der Waals surface area contributed by atoms with Gasteiger partial charge in [0, 0.05) is 33.0 Å². The van der Waals surface area contributed by atoms with Crippen LogP contribution in [0.25, 0.3) is 44.2 Å². The molecule has 0 spiro atoms. The lowest BCUT2D eigenvalue weighted by atomic mass is 9.80. The van der Waals surface area contributed by atoms with E-state index in [-0.39, 0.29) is 0 Å². The highest BCUT2D eigenvalue weighted by molar-refractivity contribution is 9.10.